The molecule has 1 aromatic heterocycles. The first kappa shape index (κ1) is 14.6. The average molecular weight is 270 g/mol. The molecule has 6 nitrogen and oxygen atoms in total. The van der Waals surface area contributed by atoms with Crippen molar-refractivity contribution in [2.24, 2.45) is 5.73 Å². The van der Waals surface area contributed by atoms with Gasteiger partial charge in [0.05, 0.1) is 11.3 Å². The number of hydrogen-bond acceptors (Lipinski definition) is 4. The first-order valence-corrected chi connectivity index (χ1v) is 7.13. The van der Waals surface area contributed by atoms with E-state index in [9.17, 15) is 8.42 Å². The minimum atomic E-state index is -3.47. The van der Waals surface area contributed by atoms with Gasteiger partial charge in [-0.15, -0.1) is 0 Å². The number of aryl methyl sites for hydroxylation is 1. The number of nitrogens with two attached hydrogens (primary N) is 1. The Morgan fingerprint density at radius 2 is 2.00 bits per heavy atom. The van der Waals surface area contributed by atoms with Crippen LogP contribution >= 0.6 is 0 Å². The van der Waals surface area contributed by atoms with Gasteiger partial charge in [0.1, 0.15) is 5.84 Å². The molecule has 100 valence electrons. The van der Waals surface area contributed by atoms with Crippen LogP contribution in [0.3, 0.4) is 0 Å². The highest BCUT2D eigenvalue weighted by Crippen LogP contribution is 2.06. The molecule has 0 aliphatic carbocycles. The molecule has 0 atom stereocenters. The lowest BCUT2D eigenvalue weighted by molar-refractivity contribution is 0.541. The lowest BCUT2D eigenvalue weighted by Gasteiger charge is -2.24. The second-order valence-electron chi connectivity index (χ2n) is 4.57. The zero-order chi connectivity index (χ0) is 13.8. The van der Waals surface area contributed by atoms with Crippen LogP contribution < -0.4 is 10.5 Å². The van der Waals surface area contributed by atoms with Gasteiger partial charge in [-0.25, -0.2) is 13.1 Å². The lowest BCUT2D eigenvalue weighted by atomic mass is 10.1. The fraction of sp³-hybridized carbons (Fsp3) is 0.455. The molecule has 0 spiro atoms. The van der Waals surface area contributed by atoms with Crippen molar-refractivity contribution in [3.05, 3.63) is 30.1 Å². The monoisotopic (exact) mass is 270 g/mol. The predicted molar refractivity (Wildman–Crippen MR) is 70.9 cm³/mol. The Morgan fingerprint density at radius 3 is 2.50 bits per heavy atom. The first-order valence-electron chi connectivity index (χ1n) is 5.48. The summed E-state index contributed by atoms with van der Waals surface area (Å²) in [4.78, 5) is 3.86. The molecule has 0 unspecified atom stereocenters. The molecule has 0 saturated heterocycles. The predicted octanol–water partition coefficient (Wildman–Crippen LogP) is 0.258. The quantitative estimate of drug-likeness (QED) is 0.508. The van der Waals surface area contributed by atoms with Gasteiger partial charge in [0, 0.05) is 12.4 Å². The van der Waals surface area contributed by atoms with Crippen molar-refractivity contribution < 1.29 is 8.42 Å². The SMILES string of the molecule is CC(C)(NS(=O)(=O)CCc1ccncc1)C(=N)N. The fourth-order valence-electron chi connectivity index (χ4n) is 1.30. The Bertz CT molecular complexity index is 511. The van der Waals surface area contributed by atoms with E-state index in [1.165, 1.54) is 0 Å². The standard InChI is InChI=1S/C11H18N4O2S/c1-11(2,10(12)13)15-18(16,17)8-5-9-3-6-14-7-4-9/h3-4,6-7,15H,5,8H2,1-2H3,(H3,12,13). The molecule has 0 fully saturated rings. The van der Waals surface area contributed by atoms with Crippen molar-refractivity contribution in [3.63, 3.8) is 0 Å². The topological polar surface area (TPSA) is 109 Å². The third kappa shape index (κ3) is 4.42. The van der Waals surface area contributed by atoms with Gasteiger partial charge in [0.25, 0.3) is 0 Å². The van der Waals surface area contributed by atoms with Crippen molar-refractivity contribution >= 4 is 15.9 Å². The Morgan fingerprint density at radius 1 is 1.44 bits per heavy atom. The maximum absolute atomic E-state index is 11.8. The Hall–Kier alpha value is -1.47. The Balaban J connectivity index is 2.64. The van der Waals surface area contributed by atoms with Crippen LogP contribution in [0.4, 0.5) is 0 Å². The highest BCUT2D eigenvalue weighted by molar-refractivity contribution is 7.89. The van der Waals surface area contributed by atoms with E-state index in [4.69, 9.17) is 11.1 Å². The van der Waals surface area contributed by atoms with E-state index < -0.39 is 15.6 Å². The summed E-state index contributed by atoms with van der Waals surface area (Å²) in [7, 11) is -3.47. The van der Waals surface area contributed by atoms with Crippen molar-refractivity contribution in [1.82, 2.24) is 9.71 Å². The van der Waals surface area contributed by atoms with Gasteiger partial charge in [-0.2, -0.15) is 0 Å². The van der Waals surface area contributed by atoms with Crippen LogP contribution in [-0.2, 0) is 16.4 Å². The number of aromatic nitrogens is 1. The molecule has 0 bridgehead atoms. The summed E-state index contributed by atoms with van der Waals surface area (Å²) in [6, 6.07) is 3.54. The fourth-order valence-corrected chi connectivity index (χ4v) is 2.79. The summed E-state index contributed by atoms with van der Waals surface area (Å²) < 4.78 is 26.1. The normalized spacial score (nSPS) is 12.3. The van der Waals surface area contributed by atoms with Crippen molar-refractivity contribution in [2.45, 2.75) is 25.8 Å². The third-order valence-corrected chi connectivity index (χ3v) is 4.06. The average Bonchev–Trinajstić information content (AvgIpc) is 2.26. The van der Waals surface area contributed by atoms with Crippen LogP contribution in [0.5, 0.6) is 0 Å². The Labute approximate surface area is 107 Å². The van der Waals surface area contributed by atoms with E-state index in [2.05, 4.69) is 9.71 Å². The number of nitrogens with zero attached hydrogens (tertiary/aromatic N) is 1. The summed E-state index contributed by atoms with van der Waals surface area (Å²) in [5, 5.41) is 7.32. The van der Waals surface area contributed by atoms with Gasteiger partial charge in [0.2, 0.25) is 10.0 Å². The zero-order valence-corrected chi connectivity index (χ0v) is 11.3. The van der Waals surface area contributed by atoms with Gasteiger partial charge in [-0.3, -0.25) is 10.4 Å². The summed E-state index contributed by atoms with van der Waals surface area (Å²) >= 11 is 0. The van der Waals surface area contributed by atoms with Crippen LogP contribution in [0.2, 0.25) is 0 Å². The molecule has 0 radical (unpaired) electrons. The highest BCUT2D eigenvalue weighted by atomic mass is 32.2. The summed E-state index contributed by atoms with van der Waals surface area (Å²) in [5.74, 6) is -0.261. The molecule has 1 heterocycles. The largest absolute Gasteiger partial charge is 0.386 e. The number of pyridine rings is 1. The zero-order valence-electron chi connectivity index (χ0n) is 10.5. The molecule has 4 N–H and O–H groups in total. The van der Waals surface area contributed by atoms with Crippen LogP contribution in [0.25, 0.3) is 0 Å². The van der Waals surface area contributed by atoms with Gasteiger partial charge < -0.3 is 5.73 Å². The maximum atomic E-state index is 11.8. The minimum Gasteiger partial charge on any atom is -0.386 e. The molecule has 0 aliphatic rings. The second kappa shape index (κ2) is 5.45. The number of sulfonamides is 1. The van der Waals surface area contributed by atoms with Crippen LogP contribution in [0.1, 0.15) is 19.4 Å². The number of rotatable bonds is 6. The van der Waals surface area contributed by atoms with Gasteiger partial charge in [0.15, 0.2) is 0 Å². The molecule has 18 heavy (non-hydrogen) atoms. The molecule has 7 heteroatoms. The third-order valence-electron chi connectivity index (χ3n) is 2.49. The number of nitrogens with one attached hydrogen (secondary N) is 2. The van der Waals surface area contributed by atoms with Crippen molar-refractivity contribution in [2.75, 3.05) is 5.75 Å². The minimum absolute atomic E-state index is 0.0479. The molecule has 1 aromatic rings. The lowest BCUT2D eigenvalue weighted by Crippen LogP contribution is -2.53. The summed E-state index contributed by atoms with van der Waals surface area (Å²) in [6.07, 6.45) is 3.63. The van der Waals surface area contributed by atoms with E-state index in [1.54, 1.807) is 38.4 Å². The molecule has 0 amide bonds. The van der Waals surface area contributed by atoms with E-state index in [0.29, 0.717) is 6.42 Å². The van der Waals surface area contributed by atoms with Crippen LogP contribution in [0, 0.1) is 5.41 Å². The smallest absolute Gasteiger partial charge is 0.212 e. The number of hydrogen-bond donors (Lipinski definition) is 3. The second-order valence-corrected chi connectivity index (χ2v) is 6.41. The molecule has 0 aromatic carbocycles. The van der Waals surface area contributed by atoms with Crippen molar-refractivity contribution in [1.29, 1.82) is 5.41 Å². The van der Waals surface area contributed by atoms with Crippen LogP contribution in [0.15, 0.2) is 24.5 Å². The van der Waals surface area contributed by atoms with Gasteiger partial charge in [-0.05, 0) is 38.0 Å². The summed E-state index contributed by atoms with van der Waals surface area (Å²) in [5.41, 5.74) is 5.17. The number of amidine groups is 1. The molecular formula is C11H18N4O2S. The van der Waals surface area contributed by atoms with E-state index in [1.807, 2.05) is 0 Å². The molecule has 1 rings (SSSR count). The molecular weight excluding hydrogens is 252 g/mol. The van der Waals surface area contributed by atoms with E-state index >= 15 is 0 Å². The van der Waals surface area contributed by atoms with E-state index in [-0.39, 0.29) is 11.6 Å². The van der Waals surface area contributed by atoms with Crippen LogP contribution in [-0.4, -0.2) is 30.5 Å². The molecule has 0 saturated carbocycles. The maximum Gasteiger partial charge on any atom is 0.212 e. The molecule has 0 aliphatic heterocycles. The van der Waals surface area contributed by atoms with Crippen molar-refractivity contribution in [3.8, 4) is 0 Å². The van der Waals surface area contributed by atoms with Gasteiger partial charge in [-0.1, -0.05) is 0 Å². The Kier molecular flexibility index (Phi) is 4.42. The van der Waals surface area contributed by atoms with E-state index in [0.717, 1.165) is 5.56 Å². The highest BCUT2D eigenvalue weighted by Gasteiger charge is 2.27. The summed E-state index contributed by atoms with van der Waals surface area (Å²) in [6.45, 7) is 3.11. The first-order chi connectivity index (χ1) is 8.23. The van der Waals surface area contributed by atoms with Gasteiger partial charge >= 0.3 is 0 Å².